The number of rotatable bonds is 2. The van der Waals surface area contributed by atoms with E-state index < -0.39 is 0 Å². The summed E-state index contributed by atoms with van der Waals surface area (Å²) < 4.78 is 13.2. The molecule has 0 saturated heterocycles. The Kier molecular flexibility index (Phi) is 3.81. The fraction of sp³-hybridized carbons (Fsp3) is 0.125. The number of aryl methyl sites for hydroxylation is 1. The Hall–Kier alpha value is -2.67. The van der Waals surface area contributed by atoms with E-state index in [0.717, 1.165) is 0 Å². The van der Waals surface area contributed by atoms with Crippen LogP contribution in [0, 0.1) is 24.1 Å². The number of nitriles is 1. The van der Waals surface area contributed by atoms with Crippen molar-refractivity contribution in [1.29, 1.82) is 5.26 Å². The molecule has 100 valence electrons. The number of para-hydroxylation sites is 1. The van der Waals surface area contributed by atoms with Crippen LogP contribution in [0.3, 0.4) is 0 Å². The molecular formula is C16H13FN2O. The maximum absolute atomic E-state index is 13.2. The first kappa shape index (κ1) is 13.8. The monoisotopic (exact) mass is 268 g/mol. The van der Waals surface area contributed by atoms with Gasteiger partial charge in [-0.15, -0.1) is 0 Å². The van der Waals surface area contributed by atoms with Crippen molar-refractivity contribution in [3.63, 3.8) is 0 Å². The van der Waals surface area contributed by atoms with Gasteiger partial charge >= 0.3 is 0 Å². The molecular weight excluding hydrogens is 255 g/mol. The molecule has 2 aromatic rings. The largest absolute Gasteiger partial charge is 0.310 e. The predicted octanol–water partition coefficient (Wildman–Crippen LogP) is 3.28. The van der Waals surface area contributed by atoms with Crippen LogP contribution < -0.4 is 4.90 Å². The number of hydrogen-bond donors (Lipinski definition) is 0. The van der Waals surface area contributed by atoms with Gasteiger partial charge in [0.25, 0.3) is 5.91 Å². The summed E-state index contributed by atoms with van der Waals surface area (Å²) >= 11 is 0. The highest BCUT2D eigenvalue weighted by Gasteiger charge is 2.16. The molecule has 2 aromatic carbocycles. The summed E-state index contributed by atoms with van der Waals surface area (Å²) in [7, 11) is 1.59. The second-order valence-corrected chi connectivity index (χ2v) is 4.46. The van der Waals surface area contributed by atoms with Gasteiger partial charge in [0, 0.05) is 12.6 Å². The van der Waals surface area contributed by atoms with Gasteiger partial charge in [0.2, 0.25) is 0 Å². The number of carbonyl (C=O) groups is 1. The molecule has 0 heterocycles. The molecule has 4 heteroatoms. The highest BCUT2D eigenvalue weighted by Crippen LogP contribution is 2.21. The van der Waals surface area contributed by atoms with Gasteiger partial charge in [0.1, 0.15) is 11.9 Å². The summed E-state index contributed by atoms with van der Waals surface area (Å²) in [6, 6.07) is 13.1. The first-order valence-electron chi connectivity index (χ1n) is 6.08. The van der Waals surface area contributed by atoms with E-state index in [1.165, 1.54) is 23.1 Å². The van der Waals surface area contributed by atoms with E-state index in [2.05, 4.69) is 0 Å². The van der Waals surface area contributed by atoms with Crippen LogP contribution >= 0.6 is 0 Å². The zero-order valence-corrected chi connectivity index (χ0v) is 11.2. The van der Waals surface area contributed by atoms with Crippen LogP contribution in [0.1, 0.15) is 21.5 Å². The molecule has 0 N–H and O–H groups in total. The zero-order valence-electron chi connectivity index (χ0n) is 11.2. The summed E-state index contributed by atoms with van der Waals surface area (Å²) in [6.45, 7) is 1.61. The third-order valence-electron chi connectivity index (χ3n) is 3.10. The predicted molar refractivity (Wildman–Crippen MR) is 75.0 cm³/mol. The van der Waals surface area contributed by atoms with Crippen molar-refractivity contribution < 1.29 is 9.18 Å². The average Bonchev–Trinajstić information content (AvgIpc) is 2.48. The summed E-state index contributed by atoms with van der Waals surface area (Å²) in [5, 5.41) is 9.06. The van der Waals surface area contributed by atoms with Crippen LogP contribution in [-0.2, 0) is 0 Å². The first-order valence-corrected chi connectivity index (χ1v) is 6.08. The smallest absolute Gasteiger partial charge is 0.258 e. The molecule has 1 amide bonds. The van der Waals surface area contributed by atoms with Crippen molar-refractivity contribution in [1.82, 2.24) is 0 Å². The van der Waals surface area contributed by atoms with E-state index in [-0.39, 0.29) is 11.7 Å². The Labute approximate surface area is 116 Å². The van der Waals surface area contributed by atoms with Gasteiger partial charge in [-0.1, -0.05) is 12.1 Å². The number of halogens is 1. The molecule has 0 aromatic heterocycles. The van der Waals surface area contributed by atoms with E-state index >= 15 is 0 Å². The highest BCUT2D eigenvalue weighted by molar-refractivity contribution is 6.06. The minimum atomic E-state index is -0.346. The van der Waals surface area contributed by atoms with Crippen LogP contribution in [0.5, 0.6) is 0 Å². The fourth-order valence-electron chi connectivity index (χ4n) is 1.94. The van der Waals surface area contributed by atoms with E-state index in [4.69, 9.17) is 5.26 Å². The van der Waals surface area contributed by atoms with Gasteiger partial charge in [-0.25, -0.2) is 4.39 Å². The van der Waals surface area contributed by atoms with Crippen molar-refractivity contribution >= 4 is 11.6 Å². The maximum atomic E-state index is 13.2. The summed E-state index contributed by atoms with van der Waals surface area (Å²) in [4.78, 5) is 13.8. The number of amides is 1. The highest BCUT2D eigenvalue weighted by atomic mass is 19.1. The second kappa shape index (κ2) is 5.54. The average molecular weight is 268 g/mol. The van der Waals surface area contributed by atoms with Crippen molar-refractivity contribution in [2.45, 2.75) is 6.92 Å². The van der Waals surface area contributed by atoms with Crippen molar-refractivity contribution in [2.75, 3.05) is 11.9 Å². The standard InChI is InChI=1S/C16H13FN2O/c1-11-9-12(7-8-14(11)17)16(20)19(2)15-6-4-3-5-13(15)10-18/h3-9H,1-2H3. The molecule has 20 heavy (non-hydrogen) atoms. The van der Waals surface area contributed by atoms with Gasteiger partial charge in [-0.2, -0.15) is 5.26 Å². The molecule has 0 unspecified atom stereocenters. The van der Waals surface area contributed by atoms with Crippen LogP contribution in [0.15, 0.2) is 42.5 Å². The van der Waals surface area contributed by atoms with E-state index in [1.807, 2.05) is 6.07 Å². The van der Waals surface area contributed by atoms with Gasteiger partial charge < -0.3 is 4.90 Å². The quantitative estimate of drug-likeness (QED) is 0.839. The van der Waals surface area contributed by atoms with Gasteiger partial charge in [-0.05, 0) is 42.8 Å². The van der Waals surface area contributed by atoms with Crippen LogP contribution in [0.2, 0.25) is 0 Å². The minimum absolute atomic E-state index is 0.282. The number of benzene rings is 2. The van der Waals surface area contributed by atoms with E-state index in [1.54, 1.807) is 38.2 Å². The normalized spacial score (nSPS) is 9.90. The van der Waals surface area contributed by atoms with Crippen molar-refractivity contribution in [3.05, 3.63) is 65.0 Å². The summed E-state index contributed by atoms with van der Waals surface area (Å²) in [5.41, 5.74) is 1.75. The Balaban J connectivity index is 2.38. The first-order chi connectivity index (χ1) is 9.54. The lowest BCUT2D eigenvalue weighted by Gasteiger charge is -2.18. The molecule has 0 fully saturated rings. The van der Waals surface area contributed by atoms with Crippen LogP contribution in [0.25, 0.3) is 0 Å². The van der Waals surface area contributed by atoms with Gasteiger partial charge in [0.05, 0.1) is 11.3 Å². The fourth-order valence-corrected chi connectivity index (χ4v) is 1.94. The zero-order chi connectivity index (χ0) is 14.7. The molecule has 2 rings (SSSR count). The molecule has 0 atom stereocenters. The Morgan fingerprint density at radius 2 is 1.95 bits per heavy atom. The lowest BCUT2D eigenvalue weighted by atomic mass is 10.1. The third-order valence-corrected chi connectivity index (χ3v) is 3.10. The van der Waals surface area contributed by atoms with E-state index in [9.17, 15) is 9.18 Å². The van der Waals surface area contributed by atoms with Crippen molar-refractivity contribution in [2.24, 2.45) is 0 Å². The minimum Gasteiger partial charge on any atom is -0.310 e. The SMILES string of the molecule is Cc1cc(C(=O)N(C)c2ccccc2C#N)ccc1F. The number of carbonyl (C=O) groups excluding carboxylic acids is 1. The summed E-state index contributed by atoms with van der Waals surface area (Å²) in [6.07, 6.45) is 0. The molecule has 3 nitrogen and oxygen atoms in total. The lowest BCUT2D eigenvalue weighted by Crippen LogP contribution is -2.27. The Bertz CT molecular complexity index is 704. The Morgan fingerprint density at radius 3 is 2.60 bits per heavy atom. The molecule has 0 bridgehead atoms. The summed E-state index contributed by atoms with van der Waals surface area (Å²) in [5.74, 6) is -0.627. The number of hydrogen-bond acceptors (Lipinski definition) is 2. The molecule has 0 saturated carbocycles. The number of anilines is 1. The molecule has 0 radical (unpaired) electrons. The van der Waals surface area contributed by atoms with E-state index in [0.29, 0.717) is 22.4 Å². The third kappa shape index (κ3) is 2.52. The van der Waals surface area contributed by atoms with Gasteiger partial charge in [-0.3, -0.25) is 4.79 Å². The van der Waals surface area contributed by atoms with Crippen LogP contribution in [0.4, 0.5) is 10.1 Å². The molecule has 0 aliphatic heterocycles. The maximum Gasteiger partial charge on any atom is 0.258 e. The molecule has 0 spiro atoms. The molecule has 0 aliphatic carbocycles. The van der Waals surface area contributed by atoms with Crippen molar-refractivity contribution in [3.8, 4) is 6.07 Å². The van der Waals surface area contributed by atoms with Crippen LogP contribution in [-0.4, -0.2) is 13.0 Å². The number of nitrogens with zero attached hydrogens (tertiary/aromatic N) is 2. The second-order valence-electron chi connectivity index (χ2n) is 4.46. The Morgan fingerprint density at radius 1 is 1.25 bits per heavy atom. The topological polar surface area (TPSA) is 44.1 Å². The van der Waals surface area contributed by atoms with Gasteiger partial charge in [0.15, 0.2) is 0 Å². The lowest BCUT2D eigenvalue weighted by molar-refractivity contribution is 0.0993. The molecule has 0 aliphatic rings.